The highest BCUT2D eigenvalue weighted by atomic mass is 16.5. The average molecular weight is 431 g/mol. The van der Waals surface area contributed by atoms with Gasteiger partial charge in [0, 0.05) is 5.41 Å². The minimum Gasteiger partial charge on any atom is -0.491 e. The molecule has 0 saturated carbocycles. The lowest BCUT2D eigenvalue weighted by molar-refractivity contribution is 0.0218. The van der Waals surface area contributed by atoms with E-state index in [9.17, 15) is 10.2 Å². The fourth-order valence-electron chi connectivity index (χ4n) is 3.64. The molecule has 0 aliphatic heterocycles. The molecule has 0 unspecified atom stereocenters. The van der Waals surface area contributed by atoms with Gasteiger partial charge in [0.15, 0.2) is 0 Å². The van der Waals surface area contributed by atoms with E-state index >= 15 is 0 Å². The molecule has 0 spiro atoms. The Balaban J connectivity index is 2.16. The number of hydrogen-bond donors (Lipinski definition) is 3. The van der Waals surface area contributed by atoms with Gasteiger partial charge in [0.1, 0.15) is 30.8 Å². The second-order valence-electron chi connectivity index (χ2n) is 9.18. The number of rotatable bonds is 11. The van der Waals surface area contributed by atoms with Crippen molar-refractivity contribution in [3.63, 3.8) is 0 Å². The predicted molar refractivity (Wildman–Crippen MR) is 124 cm³/mol. The molecule has 0 amide bonds. The van der Waals surface area contributed by atoms with Gasteiger partial charge in [0.05, 0.1) is 12.7 Å². The SMILES string of the molecule is CCC(CC)(c1ccc(OC[C@H](O)CO)cc1)c1ccc(OC[C@@H](O)C(C)(C)C)cc1. The highest BCUT2D eigenvalue weighted by molar-refractivity contribution is 5.43. The van der Waals surface area contributed by atoms with Crippen molar-refractivity contribution in [1.29, 1.82) is 0 Å². The van der Waals surface area contributed by atoms with E-state index in [1.165, 1.54) is 11.1 Å². The third-order valence-corrected chi connectivity index (χ3v) is 6.08. The molecule has 172 valence electrons. The van der Waals surface area contributed by atoms with Crippen LogP contribution in [0.5, 0.6) is 11.5 Å². The van der Waals surface area contributed by atoms with Gasteiger partial charge in [-0.1, -0.05) is 58.9 Å². The molecule has 0 saturated heterocycles. The highest BCUT2D eigenvalue weighted by Gasteiger charge is 2.30. The molecule has 0 aliphatic rings. The number of hydrogen-bond acceptors (Lipinski definition) is 5. The Labute approximate surface area is 186 Å². The van der Waals surface area contributed by atoms with Gasteiger partial charge >= 0.3 is 0 Å². The van der Waals surface area contributed by atoms with E-state index in [4.69, 9.17) is 14.6 Å². The number of ether oxygens (including phenoxy) is 2. The topological polar surface area (TPSA) is 79.2 Å². The lowest BCUT2D eigenvalue weighted by Gasteiger charge is -2.33. The van der Waals surface area contributed by atoms with Gasteiger partial charge in [0.2, 0.25) is 0 Å². The van der Waals surface area contributed by atoms with Crippen LogP contribution in [0.1, 0.15) is 58.6 Å². The molecule has 0 fully saturated rings. The standard InChI is InChI=1S/C26H38O5/c1-6-26(7-2,19-8-12-22(13-9-19)30-17-21(28)16-27)20-10-14-23(15-11-20)31-18-24(29)25(3,4)5/h8-15,21,24,27-29H,6-7,16-18H2,1-5H3/t21-,24-/m1/s1. The van der Waals surface area contributed by atoms with E-state index in [1.807, 2.05) is 45.0 Å². The van der Waals surface area contributed by atoms with Crippen LogP contribution in [0, 0.1) is 5.41 Å². The summed E-state index contributed by atoms with van der Waals surface area (Å²) in [4.78, 5) is 0. The molecule has 0 aromatic heterocycles. The first-order valence-corrected chi connectivity index (χ1v) is 11.1. The minimum atomic E-state index is -0.879. The van der Waals surface area contributed by atoms with Crippen molar-refractivity contribution in [3.8, 4) is 11.5 Å². The van der Waals surface area contributed by atoms with Crippen molar-refractivity contribution in [1.82, 2.24) is 0 Å². The molecule has 5 heteroatoms. The quantitative estimate of drug-likeness (QED) is 0.495. The van der Waals surface area contributed by atoms with Gasteiger partial charge in [-0.2, -0.15) is 0 Å². The fourth-order valence-corrected chi connectivity index (χ4v) is 3.64. The summed E-state index contributed by atoms with van der Waals surface area (Å²) in [6.07, 6.45) is 0.471. The van der Waals surface area contributed by atoms with Crippen molar-refractivity contribution in [3.05, 3.63) is 59.7 Å². The zero-order chi connectivity index (χ0) is 23.1. The van der Waals surface area contributed by atoms with Crippen molar-refractivity contribution in [2.75, 3.05) is 19.8 Å². The number of aliphatic hydroxyl groups is 3. The second-order valence-corrected chi connectivity index (χ2v) is 9.18. The van der Waals surface area contributed by atoms with E-state index in [0.717, 1.165) is 18.6 Å². The summed E-state index contributed by atoms with van der Waals surface area (Å²) in [5, 5.41) is 28.6. The van der Waals surface area contributed by atoms with Crippen molar-refractivity contribution < 1.29 is 24.8 Å². The molecule has 0 radical (unpaired) electrons. The zero-order valence-electron chi connectivity index (χ0n) is 19.5. The molecule has 0 heterocycles. The maximum Gasteiger partial charge on any atom is 0.119 e. The molecule has 5 nitrogen and oxygen atoms in total. The summed E-state index contributed by atoms with van der Waals surface area (Å²) in [5.74, 6) is 1.41. The molecule has 2 atom stereocenters. The predicted octanol–water partition coefficient (Wildman–Crippen LogP) is 4.31. The van der Waals surface area contributed by atoms with E-state index in [-0.39, 0.29) is 30.7 Å². The van der Waals surface area contributed by atoms with E-state index < -0.39 is 12.2 Å². The van der Waals surface area contributed by atoms with Gasteiger partial charge in [-0.05, 0) is 53.6 Å². The zero-order valence-corrected chi connectivity index (χ0v) is 19.5. The summed E-state index contributed by atoms with van der Waals surface area (Å²) in [6.45, 7) is 10.4. The van der Waals surface area contributed by atoms with Crippen LogP contribution < -0.4 is 9.47 Å². The normalized spacial score (nSPS) is 14.2. The minimum absolute atomic E-state index is 0.0634. The molecular weight excluding hydrogens is 392 g/mol. The smallest absolute Gasteiger partial charge is 0.119 e. The van der Waals surface area contributed by atoms with Gasteiger partial charge in [-0.15, -0.1) is 0 Å². The molecule has 2 aromatic rings. The van der Waals surface area contributed by atoms with Crippen molar-refractivity contribution >= 4 is 0 Å². The number of aliphatic hydroxyl groups excluding tert-OH is 3. The molecule has 0 bridgehead atoms. The molecule has 2 aromatic carbocycles. The Bertz CT molecular complexity index is 773. The van der Waals surface area contributed by atoms with Crippen LogP contribution >= 0.6 is 0 Å². The second kappa shape index (κ2) is 11.0. The summed E-state index contributed by atoms with van der Waals surface area (Å²) >= 11 is 0. The van der Waals surface area contributed by atoms with Gasteiger partial charge in [0.25, 0.3) is 0 Å². The summed E-state index contributed by atoms with van der Waals surface area (Å²) in [7, 11) is 0. The molecule has 31 heavy (non-hydrogen) atoms. The van der Waals surface area contributed by atoms with Gasteiger partial charge < -0.3 is 24.8 Å². The number of benzene rings is 2. The monoisotopic (exact) mass is 430 g/mol. The Morgan fingerprint density at radius 1 is 0.742 bits per heavy atom. The Morgan fingerprint density at radius 2 is 1.16 bits per heavy atom. The third kappa shape index (κ3) is 6.45. The van der Waals surface area contributed by atoms with Crippen LogP contribution in [0.15, 0.2) is 48.5 Å². The lowest BCUT2D eigenvalue weighted by Crippen LogP contribution is -2.32. The molecule has 0 aliphatic carbocycles. The summed E-state index contributed by atoms with van der Waals surface area (Å²) < 4.78 is 11.3. The largest absolute Gasteiger partial charge is 0.491 e. The Hall–Kier alpha value is -2.08. The van der Waals surface area contributed by atoms with Crippen LogP contribution in [-0.2, 0) is 5.41 Å². The van der Waals surface area contributed by atoms with Crippen LogP contribution in [0.3, 0.4) is 0 Å². The van der Waals surface area contributed by atoms with Crippen LogP contribution in [-0.4, -0.2) is 47.3 Å². The van der Waals surface area contributed by atoms with E-state index in [0.29, 0.717) is 5.75 Å². The first-order chi connectivity index (χ1) is 14.7. The maximum atomic E-state index is 10.2. The Kier molecular flexibility index (Phi) is 8.92. The summed E-state index contributed by atoms with van der Waals surface area (Å²) in [6, 6.07) is 16.1. The average Bonchev–Trinajstić information content (AvgIpc) is 2.77. The first-order valence-electron chi connectivity index (χ1n) is 11.1. The third-order valence-electron chi connectivity index (χ3n) is 6.08. The Morgan fingerprint density at radius 3 is 1.52 bits per heavy atom. The van der Waals surface area contributed by atoms with Crippen LogP contribution in [0.25, 0.3) is 0 Å². The van der Waals surface area contributed by atoms with Gasteiger partial charge in [-0.25, -0.2) is 0 Å². The van der Waals surface area contributed by atoms with Crippen molar-refractivity contribution in [2.24, 2.45) is 5.41 Å². The first kappa shape index (κ1) is 25.2. The van der Waals surface area contributed by atoms with E-state index in [1.54, 1.807) is 0 Å². The maximum absolute atomic E-state index is 10.2. The fraction of sp³-hybridized carbons (Fsp3) is 0.538. The van der Waals surface area contributed by atoms with Gasteiger partial charge in [-0.3, -0.25) is 0 Å². The van der Waals surface area contributed by atoms with E-state index in [2.05, 4.69) is 38.1 Å². The van der Waals surface area contributed by atoms with Crippen molar-refractivity contribution in [2.45, 2.75) is 65.1 Å². The lowest BCUT2D eigenvalue weighted by atomic mass is 9.70. The van der Waals surface area contributed by atoms with Crippen LogP contribution in [0.4, 0.5) is 0 Å². The molecule has 3 N–H and O–H groups in total. The molecule has 2 rings (SSSR count). The highest BCUT2D eigenvalue weighted by Crippen LogP contribution is 2.40. The molecular formula is C26H38O5. The van der Waals surface area contributed by atoms with Crippen LogP contribution in [0.2, 0.25) is 0 Å². The summed E-state index contributed by atoms with van der Waals surface area (Å²) in [5.41, 5.74) is 2.06.